The molecule has 1 N–H and O–H groups in total. The Morgan fingerprint density at radius 2 is 1.90 bits per heavy atom. The first-order valence-electron chi connectivity index (χ1n) is 8.13. The zero-order valence-corrected chi connectivity index (χ0v) is 14.3. The van der Waals surface area contributed by atoms with Gasteiger partial charge in [0.25, 0.3) is 0 Å². The van der Waals surface area contributed by atoms with Gasteiger partial charge in [-0.1, -0.05) is 31.5 Å². The normalized spacial score (nSPS) is 18.0. The predicted molar refractivity (Wildman–Crippen MR) is 92.4 cm³/mol. The molecule has 4 heteroatoms. The highest BCUT2D eigenvalue weighted by Gasteiger charge is 2.21. The Morgan fingerprint density at radius 1 is 1.19 bits per heavy atom. The molecule has 1 aromatic carbocycles. The fraction of sp³-hybridized carbons (Fsp3) is 0.647. The molecule has 21 heavy (non-hydrogen) atoms. The fourth-order valence-corrected chi connectivity index (χ4v) is 3.17. The SMILES string of the molecule is CCNCc1ccc(N2CCN(C(C)CC)CC2)c(Cl)c1. The summed E-state index contributed by atoms with van der Waals surface area (Å²) in [7, 11) is 0. The van der Waals surface area contributed by atoms with Gasteiger partial charge in [-0.15, -0.1) is 0 Å². The molecule has 118 valence electrons. The molecule has 1 unspecified atom stereocenters. The Morgan fingerprint density at radius 3 is 2.48 bits per heavy atom. The summed E-state index contributed by atoms with van der Waals surface area (Å²) >= 11 is 6.48. The van der Waals surface area contributed by atoms with Crippen molar-refractivity contribution >= 4 is 17.3 Å². The van der Waals surface area contributed by atoms with E-state index in [0.29, 0.717) is 6.04 Å². The topological polar surface area (TPSA) is 18.5 Å². The van der Waals surface area contributed by atoms with Crippen LogP contribution < -0.4 is 10.2 Å². The van der Waals surface area contributed by atoms with Crippen LogP contribution in [-0.2, 0) is 6.54 Å². The number of anilines is 1. The highest BCUT2D eigenvalue weighted by Crippen LogP contribution is 2.28. The lowest BCUT2D eigenvalue weighted by atomic mass is 10.1. The maximum absolute atomic E-state index is 6.48. The van der Waals surface area contributed by atoms with Crippen molar-refractivity contribution in [3.8, 4) is 0 Å². The van der Waals surface area contributed by atoms with Crippen LogP contribution in [0.25, 0.3) is 0 Å². The molecular weight excluding hydrogens is 282 g/mol. The van der Waals surface area contributed by atoms with Crippen LogP contribution in [0.2, 0.25) is 5.02 Å². The van der Waals surface area contributed by atoms with Crippen molar-refractivity contribution in [1.82, 2.24) is 10.2 Å². The molecule has 0 spiro atoms. The second-order valence-electron chi connectivity index (χ2n) is 5.85. The third-order valence-corrected chi connectivity index (χ3v) is 4.76. The highest BCUT2D eigenvalue weighted by molar-refractivity contribution is 6.33. The van der Waals surface area contributed by atoms with E-state index >= 15 is 0 Å². The molecule has 0 aromatic heterocycles. The summed E-state index contributed by atoms with van der Waals surface area (Å²) in [5.41, 5.74) is 2.43. The van der Waals surface area contributed by atoms with Crippen molar-refractivity contribution in [3.63, 3.8) is 0 Å². The van der Waals surface area contributed by atoms with E-state index in [1.54, 1.807) is 0 Å². The standard InChI is InChI=1S/C17H28ClN3/c1-4-14(3)20-8-10-21(11-9-20)17-7-6-15(12-16(17)18)13-19-5-2/h6-7,12,14,19H,4-5,8-11,13H2,1-3H3. The van der Waals surface area contributed by atoms with Crippen molar-refractivity contribution in [3.05, 3.63) is 28.8 Å². The van der Waals surface area contributed by atoms with Gasteiger partial charge in [-0.25, -0.2) is 0 Å². The van der Waals surface area contributed by atoms with Gasteiger partial charge >= 0.3 is 0 Å². The number of benzene rings is 1. The fourth-order valence-electron chi connectivity index (χ4n) is 2.85. The summed E-state index contributed by atoms with van der Waals surface area (Å²) < 4.78 is 0. The maximum Gasteiger partial charge on any atom is 0.0642 e. The van der Waals surface area contributed by atoms with Gasteiger partial charge in [0.15, 0.2) is 0 Å². The molecule has 1 fully saturated rings. The van der Waals surface area contributed by atoms with Crippen LogP contribution in [0, 0.1) is 0 Å². The van der Waals surface area contributed by atoms with Crippen molar-refractivity contribution in [2.45, 2.75) is 39.8 Å². The molecule has 0 aliphatic carbocycles. The van der Waals surface area contributed by atoms with Crippen molar-refractivity contribution < 1.29 is 0 Å². The smallest absolute Gasteiger partial charge is 0.0642 e. The summed E-state index contributed by atoms with van der Waals surface area (Å²) in [5, 5.41) is 4.21. The molecule has 0 amide bonds. The summed E-state index contributed by atoms with van der Waals surface area (Å²) in [6, 6.07) is 7.14. The molecule has 1 saturated heterocycles. The summed E-state index contributed by atoms with van der Waals surface area (Å²) in [4.78, 5) is 4.99. The van der Waals surface area contributed by atoms with Crippen molar-refractivity contribution in [1.29, 1.82) is 0 Å². The quantitative estimate of drug-likeness (QED) is 0.869. The van der Waals surface area contributed by atoms with Gasteiger partial charge in [-0.2, -0.15) is 0 Å². The summed E-state index contributed by atoms with van der Waals surface area (Å²) in [6.07, 6.45) is 1.22. The molecular formula is C17H28ClN3. The molecule has 1 aliphatic rings. The van der Waals surface area contributed by atoms with Gasteiger partial charge in [0.1, 0.15) is 0 Å². The second-order valence-corrected chi connectivity index (χ2v) is 6.25. The van der Waals surface area contributed by atoms with Crippen LogP contribution in [0.5, 0.6) is 0 Å². The number of nitrogens with one attached hydrogen (secondary N) is 1. The number of rotatable bonds is 6. The Hall–Kier alpha value is -0.770. The van der Waals surface area contributed by atoms with E-state index in [1.165, 1.54) is 17.7 Å². The van der Waals surface area contributed by atoms with Gasteiger partial charge in [-0.05, 0) is 37.6 Å². The monoisotopic (exact) mass is 309 g/mol. The lowest BCUT2D eigenvalue weighted by Gasteiger charge is -2.39. The lowest BCUT2D eigenvalue weighted by Crippen LogP contribution is -2.49. The number of nitrogens with zero attached hydrogens (tertiary/aromatic N) is 2. The van der Waals surface area contributed by atoms with Gasteiger partial charge in [0, 0.05) is 38.8 Å². The van der Waals surface area contributed by atoms with E-state index < -0.39 is 0 Å². The first-order valence-corrected chi connectivity index (χ1v) is 8.51. The summed E-state index contributed by atoms with van der Waals surface area (Å²) in [6.45, 7) is 13.0. The van der Waals surface area contributed by atoms with Gasteiger partial charge < -0.3 is 10.2 Å². The predicted octanol–water partition coefficient (Wildman–Crippen LogP) is 3.37. The van der Waals surface area contributed by atoms with Crippen LogP contribution in [0.1, 0.15) is 32.8 Å². The average Bonchev–Trinajstić information content (AvgIpc) is 2.52. The molecule has 1 aliphatic heterocycles. The average molecular weight is 310 g/mol. The molecule has 1 aromatic rings. The lowest BCUT2D eigenvalue weighted by molar-refractivity contribution is 0.193. The molecule has 2 rings (SSSR count). The second kappa shape index (κ2) is 8.02. The maximum atomic E-state index is 6.48. The third-order valence-electron chi connectivity index (χ3n) is 4.46. The van der Waals surface area contributed by atoms with E-state index in [-0.39, 0.29) is 0 Å². The van der Waals surface area contributed by atoms with Crippen LogP contribution in [0.15, 0.2) is 18.2 Å². The number of piperazine rings is 1. The van der Waals surface area contributed by atoms with E-state index in [0.717, 1.165) is 44.3 Å². The first kappa shape index (κ1) is 16.6. The van der Waals surface area contributed by atoms with E-state index in [4.69, 9.17) is 11.6 Å². The first-order chi connectivity index (χ1) is 10.2. The zero-order valence-electron chi connectivity index (χ0n) is 13.5. The minimum Gasteiger partial charge on any atom is -0.368 e. The molecule has 0 bridgehead atoms. The van der Waals surface area contributed by atoms with E-state index in [2.05, 4.69) is 54.1 Å². The third kappa shape index (κ3) is 4.35. The van der Waals surface area contributed by atoms with Gasteiger partial charge in [0.2, 0.25) is 0 Å². The molecule has 1 heterocycles. The Balaban J connectivity index is 1.97. The Bertz CT molecular complexity index is 442. The van der Waals surface area contributed by atoms with Gasteiger partial charge in [0.05, 0.1) is 10.7 Å². The molecule has 3 nitrogen and oxygen atoms in total. The number of halogens is 1. The van der Waals surface area contributed by atoms with Crippen LogP contribution in [-0.4, -0.2) is 43.7 Å². The van der Waals surface area contributed by atoms with Crippen LogP contribution in [0.3, 0.4) is 0 Å². The van der Waals surface area contributed by atoms with E-state index in [9.17, 15) is 0 Å². The minimum atomic E-state index is 0.685. The molecule has 0 radical (unpaired) electrons. The molecule has 0 saturated carbocycles. The number of hydrogen-bond acceptors (Lipinski definition) is 3. The van der Waals surface area contributed by atoms with Crippen LogP contribution >= 0.6 is 11.6 Å². The highest BCUT2D eigenvalue weighted by atomic mass is 35.5. The van der Waals surface area contributed by atoms with Crippen molar-refractivity contribution in [2.24, 2.45) is 0 Å². The number of hydrogen-bond donors (Lipinski definition) is 1. The zero-order chi connectivity index (χ0) is 15.2. The minimum absolute atomic E-state index is 0.685. The van der Waals surface area contributed by atoms with Crippen molar-refractivity contribution in [2.75, 3.05) is 37.6 Å². The Kier molecular flexibility index (Phi) is 6.34. The molecule has 1 atom stereocenters. The summed E-state index contributed by atoms with van der Waals surface area (Å²) in [5.74, 6) is 0. The van der Waals surface area contributed by atoms with E-state index in [1.807, 2.05) is 0 Å². The van der Waals surface area contributed by atoms with Gasteiger partial charge in [-0.3, -0.25) is 4.90 Å². The Labute approximate surface area is 134 Å². The largest absolute Gasteiger partial charge is 0.368 e. The van der Waals surface area contributed by atoms with Crippen LogP contribution in [0.4, 0.5) is 5.69 Å².